The van der Waals surface area contributed by atoms with Gasteiger partial charge in [-0.2, -0.15) is 0 Å². The molecule has 3 aromatic carbocycles. The molecule has 3 rings (SSSR count). The highest BCUT2D eigenvalue weighted by Gasteiger charge is 2.11. The molecule has 0 aromatic heterocycles. The van der Waals surface area contributed by atoms with Gasteiger partial charge in [-0.05, 0) is 64.1 Å². The van der Waals surface area contributed by atoms with Crippen LogP contribution in [-0.4, -0.2) is 0 Å². The second kappa shape index (κ2) is 6.71. The van der Waals surface area contributed by atoms with Crippen LogP contribution in [0.2, 0.25) is 0 Å². The lowest BCUT2D eigenvalue weighted by Gasteiger charge is -2.13. The molecule has 0 radical (unpaired) electrons. The van der Waals surface area contributed by atoms with Gasteiger partial charge in [0.25, 0.3) is 0 Å². The molecule has 0 aliphatic carbocycles. The zero-order chi connectivity index (χ0) is 18.1. The third-order valence-electron chi connectivity index (χ3n) is 4.13. The van der Waals surface area contributed by atoms with Crippen LogP contribution in [0.3, 0.4) is 0 Å². The van der Waals surface area contributed by atoms with Crippen molar-refractivity contribution in [2.75, 3.05) is 0 Å². The molecule has 0 aliphatic rings. The van der Waals surface area contributed by atoms with E-state index in [1.807, 2.05) is 26.0 Å². The number of benzene rings is 3. The molecule has 4 heteroatoms. The highest BCUT2D eigenvalue weighted by atomic mass is 19.2. The summed E-state index contributed by atoms with van der Waals surface area (Å²) in [6, 6.07) is 12.9. The molecule has 128 valence electrons. The Morgan fingerprint density at radius 2 is 0.960 bits per heavy atom. The van der Waals surface area contributed by atoms with Gasteiger partial charge in [-0.25, -0.2) is 17.6 Å². The third kappa shape index (κ3) is 3.58. The average Bonchev–Trinajstić information content (AvgIpc) is 2.59. The quantitative estimate of drug-likeness (QED) is 0.464. The van der Waals surface area contributed by atoms with Gasteiger partial charge in [0.15, 0.2) is 23.3 Å². The maximum absolute atomic E-state index is 13.6. The lowest BCUT2D eigenvalue weighted by molar-refractivity contribution is 0.509. The van der Waals surface area contributed by atoms with E-state index in [0.717, 1.165) is 29.8 Å². The zero-order valence-corrected chi connectivity index (χ0v) is 13.8. The molecule has 0 saturated carbocycles. The van der Waals surface area contributed by atoms with Crippen molar-refractivity contribution >= 4 is 0 Å². The van der Waals surface area contributed by atoms with E-state index in [1.165, 1.54) is 12.1 Å². The minimum absolute atomic E-state index is 0.175. The standard InChI is InChI=1S/C21H16F4/c1-12(2)15-7-16(13-3-5-18(22)20(24)10-13)9-17(8-15)14-4-6-19(23)21(25)11-14/h3-12H,1-2H3. The fraction of sp³-hybridized carbons (Fsp3) is 0.143. The summed E-state index contributed by atoms with van der Waals surface area (Å²) in [4.78, 5) is 0. The number of rotatable bonds is 3. The number of hydrogen-bond acceptors (Lipinski definition) is 0. The molecule has 0 spiro atoms. The largest absolute Gasteiger partial charge is 0.204 e. The summed E-state index contributed by atoms with van der Waals surface area (Å²) in [5.74, 6) is -3.51. The molecule has 0 aliphatic heterocycles. The van der Waals surface area contributed by atoms with Crippen molar-refractivity contribution in [1.29, 1.82) is 0 Å². The zero-order valence-electron chi connectivity index (χ0n) is 13.8. The molecular formula is C21H16F4. The predicted octanol–water partition coefficient (Wildman–Crippen LogP) is 6.70. The topological polar surface area (TPSA) is 0 Å². The SMILES string of the molecule is CC(C)c1cc(-c2ccc(F)c(F)c2)cc(-c2ccc(F)c(F)c2)c1. The van der Waals surface area contributed by atoms with Crippen molar-refractivity contribution in [2.45, 2.75) is 19.8 Å². The first-order chi connectivity index (χ1) is 11.8. The van der Waals surface area contributed by atoms with E-state index in [2.05, 4.69) is 0 Å². The van der Waals surface area contributed by atoms with Crippen LogP contribution in [0.25, 0.3) is 22.3 Å². The molecule has 0 heterocycles. The fourth-order valence-corrected chi connectivity index (χ4v) is 2.67. The summed E-state index contributed by atoms with van der Waals surface area (Å²) in [6.45, 7) is 4.00. The maximum Gasteiger partial charge on any atom is 0.159 e. The van der Waals surface area contributed by atoms with Gasteiger partial charge in [0, 0.05) is 0 Å². The molecule has 25 heavy (non-hydrogen) atoms. The van der Waals surface area contributed by atoms with Crippen molar-refractivity contribution in [3.8, 4) is 22.3 Å². The Hall–Kier alpha value is -2.62. The van der Waals surface area contributed by atoms with Crippen molar-refractivity contribution in [3.63, 3.8) is 0 Å². The molecule has 0 saturated heterocycles. The minimum Gasteiger partial charge on any atom is -0.204 e. The van der Waals surface area contributed by atoms with Crippen LogP contribution >= 0.6 is 0 Å². The Kier molecular flexibility index (Phi) is 4.62. The lowest BCUT2D eigenvalue weighted by Crippen LogP contribution is -1.93. The first kappa shape index (κ1) is 17.2. The van der Waals surface area contributed by atoms with Crippen LogP contribution < -0.4 is 0 Å². The van der Waals surface area contributed by atoms with Crippen LogP contribution in [0.1, 0.15) is 25.3 Å². The smallest absolute Gasteiger partial charge is 0.159 e. The molecule has 0 nitrogen and oxygen atoms in total. The van der Waals surface area contributed by atoms with E-state index in [4.69, 9.17) is 0 Å². The van der Waals surface area contributed by atoms with Crippen molar-refractivity contribution in [2.24, 2.45) is 0 Å². The van der Waals surface area contributed by atoms with E-state index < -0.39 is 23.3 Å². The number of hydrogen-bond donors (Lipinski definition) is 0. The highest BCUT2D eigenvalue weighted by Crippen LogP contribution is 2.32. The number of halogens is 4. The van der Waals surface area contributed by atoms with Gasteiger partial charge < -0.3 is 0 Å². The lowest BCUT2D eigenvalue weighted by atomic mass is 9.92. The molecule has 3 aromatic rings. The summed E-state index contributed by atoms with van der Waals surface area (Å²) in [5, 5.41) is 0. The minimum atomic E-state index is -0.929. The summed E-state index contributed by atoms with van der Waals surface area (Å²) >= 11 is 0. The Bertz CT molecular complexity index is 859. The van der Waals surface area contributed by atoms with E-state index in [-0.39, 0.29) is 5.92 Å². The first-order valence-corrected chi connectivity index (χ1v) is 7.91. The van der Waals surface area contributed by atoms with Crippen molar-refractivity contribution < 1.29 is 17.6 Å². The van der Waals surface area contributed by atoms with Crippen LogP contribution in [0.4, 0.5) is 17.6 Å². The predicted molar refractivity (Wildman–Crippen MR) is 91.2 cm³/mol. The monoisotopic (exact) mass is 344 g/mol. The Morgan fingerprint density at radius 3 is 1.32 bits per heavy atom. The molecule has 0 amide bonds. The Balaban J connectivity index is 2.17. The van der Waals surface area contributed by atoms with Gasteiger partial charge in [-0.1, -0.05) is 38.1 Å². The Morgan fingerprint density at radius 1 is 0.520 bits per heavy atom. The van der Waals surface area contributed by atoms with Gasteiger partial charge in [0.05, 0.1) is 0 Å². The van der Waals surface area contributed by atoms with Crippen molar-refractivity contribution in [3.05, 3.63) is 83.4 Å². The highest BCUT2D eigenvalue weighted by molar-refractivity contribution is 5.74. The van der Waals surface area contributed by atoms with Gasteiger partial charge in [0.1, 0.15) is 0 Å². The summed E-state index contributed by atoms with van der Waals surface area (Å²) < 4.78 is 53.5. The van der Waals surface area contributed by atoms with Gasteiger partial charge >= 0.3 is 0 Å². The summed E-state index contributed by atoms with van der Waals surface area (Å²) in [6.07, 6.45) is 0. The summed E-state index contributed by atoms with van der Waals surface area (Å²) in [5.41, 5.74) is 3.37. The van der Waals surface area contributed by atoms with E-state index >= 15 is 0 Å². The summed E-state index contributed by atoms with van der Waals surface area (Å²) in [7, 11) is 0. The first-order valence-electron chi connectivity index (χ1n) is 7.91. The van der Waals surface area contributed by atoms with Crippen LogP contribution in [0.15, 0.2) is 54.6 Å². The Labute approximate surface area is 143 Å². The molecule has 0 atom stereocenters. The van der Waals surface area contributed by atoms with Gasteiger partial charge in [-0.3, -0.25) is 0 Å². The van der Waals surface area contributed by atoms with Gasteiger partial charge in [-0.15, -0.1) is 0 Å². The van der Waals surface area contributed by atoms with Crippen molar-refractivity contribution in [1.82, 2.24) is 0 Å². The van der Waals surface area contributed by atoms with Gasteiger partial charge in [0.2, 0.25) is 0 Å². The fourth-order valence-electron chi connectivity index (χ4n) is 2.67. The van der Waals surface area contributed by atoms with E-state index in [9.17, 15) is 17.6 Å². The maximum atomic E-state index is 13.6. The normalized spacial score (nSPS) is 11.2. The van der Waals surface area contributed by atoms with Crippen LogP contribution in [0, 0.1) is 23.3 Å². The van der Waals surface area contributed by atoms with Crippen LogP contribution in [-0.2, 0) is 0 Å². The van der Waals surface area contributed by atoms with E-state index in [1.54, 1.807) is 6.07 Å². The second-order valence-corrected chi connectivity index (χ2v) is 6.26. The second-order valence-electron chi connectivity index (χ2n) is 6.26. The molecule has 0 fully saturated rings. The molecule has 0 unspecified atom stereocenters. The van der Waals surface area contributed by atoms with Crippen LogP contribution in [0.5, 0.6) is 0 Å². The molecular weight excluding hydrogens is 328 g/mol. The van der Waals surface area contributed by atoms with E-state index in [0.29, 0.717) is 22.3 Å². The molecule has 0 N–H and O–H groups in total. The third-order valence-corrected chi connectivity index (χ3v) is 4.13. The average molecular weight is 344 g/mol. The molecule has 0 bridgehead atoms.